The van der Waals surface area contributed by atoms with Gasteiger partial charge < -0.3 is 9.52 Å². The van der Waals surface area contributed by atoms with Gasteiger partial charge in [0.25, 0.3) is 0 Å². The van der Waals surface area contributed by atoms with E-state index in [0.29, 0.717) is 11.8 Å². The van der Waals surface area contributed by atoms with E-state index in [1.54, 1.807) is 0 Å². The quantitative estimate of drug-likeness (QED) is 0.844. The molecule has 0 aliphatic heterocycles. The van der Waals surface area contributed by atoms with Crippen LogP contribution in [0.5, 0.6) is 0 Å². The first kappa shape index (κ1) is 13.8. The molecule has 21 heavy (non-hydrogen) atoms. The number of hydrogen-bond acceptors (Lipinski definition) is 5. The number of carboxylic acids is 1. The van der Waals surface area contributed by atoms with E-state index in [2.05, 4.69) is 15.5 Å². The summed E-state index contributed by atoms with van der Waals surface area (Å²) in [4.78, 5) is 11.1. The topological polar surface area (TPSA) is 88.2 Å². The van der Waals surface area contributed by atoms with Crippen LogP contribution in [0.3, 0.4) is 0 Å². The van der Waals surface area contributed by atoms with E-state index in [-0.39, 0.29) is 12.5 Å². The van der Waals surface area contributed by atoms with Crippen LogP contribution in [-0.2, 0) is 11.3 Å². The Morgan fingerprint density at radius 2 is 2.10 bits per heavy atom. The predicted octanol–water partition coefficient (Wildman–Crippen LogP) is 2.00. The number of nitrogens with one attached hydrogen (secondary N) is 1. The lowest BCUT2D eigenvalue weighted by Gasteiger charge is -2.11. The van der Waals surface area contributed by atoms with Crippen molar-refractivity contribution in [2.75, 3.05) is 0 Å². The third-order valence-corrected chi connectivity index (χ3v) is 3.60. The van der Waals surface area contributed by atoms with Gasteiger partial charge in [0.1, 0.15) is 6.04 Å². The molecule has 0 saturated heterocycles. The zero-order valence-corrected chi connectivity index (χ0v) is 11.7. The van der Waals surface area contributed by atoms with E-state index in [1.165, 1.54) is 0 Å². The number of aryl methyl sites for hydroxylation is 1. The van der Waals surface area contributed by atoms with Gasteiger partial charge in [0.05, 0.1) is 6.54 Å². The Hall–Kier alpha value is -2.21. The van der Waals surface area contributed by atoms with Crippen LogP contribution in [0.1, 0.15) is 24.3 Å². The van der Waals surface area contributed by atoms with Crippen molar-refractivity contribution in [2.24, 2.45) is 5.92 Å². The predicted molar refractivity (Wildman–Crippen MR) is 75.5 cm³/mol. The van der Waals surface area contributed by atoms with Gasteiger partial charge in [-0.25, -0.2) is 0 Å². The fraction of sp³-hybridized carbons (Fsp3) is 0.400. The summed E-state index contributed by atoms with van der Waals surface area (Å²) < 4.78 is 5.56. The summed E-state index contributed by atoms with van der Waals surface area (Å²) in [5, 5.41) is 20.1. The van der Waals surface area contributed by atoms with Crippen molar-refractivity contribution in [1.29, 1.82) is 0 Å². The maximum absolute atomic E-state index is 11.1. The van der Waals surface area contributed by atoms with Gasteiger partial charge in [-0.1, -0.05) is 17.7 Å². The Balaban J connectivity index is 1.64. The largest absolute Gasteiger partial charge is 0.480 e. The van der Waals surface area contributed by atoms with Gasteiger partial charge >= 0.3 is 5.97 Å². The molecule has 6 nitrogen and oxygen atoms in total. The van der Waals surface area contributed by atoms with E-state index in [9.17, 15) is 4.79 Å². The number of rotatable bonds is 6. The molecule has 0 radical (unpaired) electrons. The third kappa shape index (κ3) is 3.28. The molecular formula is C15H17N3O3. The molecule has 0 spiro atoms. The first-order valence-corrected chi connectivity index (χ1v) is 6.99. The molecule has 1 aliphatic rings. The van der Waals surface area contributed by atoms with E-state index in [1.807, 2.05) is 31.2 Å². The standard InChI is InChI=1S/C15H17N3O3/c1-9-2-4-11(5-3-9)14-18-17-12(21-14)8-16-13(15(19)20)10-6-7-10/h2-5,10,13,16H,6-8H2,1H3,(H,19,20). The number of nitrogens with zero attached hydrogens (tertiary/aromatic N) is 2. The second kappa shape index (κ2) is 5.65. The lowest BCUT2D eigenvalue weighted by atomic mass is 10.1. The number of benzene rings is 1. The molecule has 2 N–H and O–H groups in total. The summed E-state index contributed by atoms with van der Waals surface area (Å²) in [6, 6.07) is 7.27. The van der Waals surface area contributed by atoms with Crippen LogP contribution in [0.4, 0.5) is 0 Å². The zero-order chi connectivity index (χ0) is 14.8. The minimum Gasteiger partial charge on any atom is -0.480 e. The SMILES string of the molecule is Cc1ccc(-c2nnc(CNC(C(=O)O)C3CC3)o2)cc1. The number of carboxylic acid groups (broad SMARTS) is 1. The number of aliphatic carboxylic acids is 1. The zero-order valence-electron chi connectivity index (χ0n) is 11.7. The Morgan fingerprint density at radius 1 is 1.38 bits per heavy atom. The van der Waals surface area contributed by atoms with Crippen LogP contribution in [0.25, 0.3) is 11.5 Å². The molecule has 1 aromatic carbocycles. The van der Waals surface area contributed by atoms with Crippen molar-refractivity contribution in [3.63, 3.8) is 0 Å². The minimum atomic E-state index is -0.823. The van der Waals surface area contributed by atoms with Crippen molar-refractivity contribution in [2.45, 2.75) is 32.4 Å². The van der Waals surface area contributed by atoms with E-state index >= 15 is 0 Å². The van der Waals surface area contributed by atoms with Crippen molar-refractivity contribution in [3.8, 4) is 11.5 Å². The summed E-state index contributed by atoms with van der Waals surface area (Å²) >= 11 is 0. The Kier molecular flexibility index (Phi) is 3.70. The summed E-state index contributed by atoms with van der Waals surface area (Å²) in [7, 11) is 0. The molecule has 6 heteroatoms. The van der Waals surface area contributed by atoms with Crippen LogP contribution >= 0.6 is 0 Å². The van der Waals surface area contributed by atoms with Gasteiger partial charge in [-0.15, -0.1) is 10.2 Å². The highest BCUT2D eigenvalue weighted by Gasteiger charge is 2.36. The van der Waals surface area contributed by atoms with Crippen molar-refractivity contribution in [3.05, 3.63) is 35.7 Å². The average Bonchev–Trinajstić information content (AvgIpc) is 3.18. The molecule has 2 aromatic rings. The fourth-order valence-corrected chi connectivity index (χ4v) is 2.22. The lowest BCUT2D eigenvalue weighted by molar-refractivity contribution is -0.140. The van der Waals surface area contributed by atoms with Gasteiger partial charge in [-0.2, -0.15) is 0 Å². The minimum absolute atomic E-state index is 0.224. The van der Waals surface area contributed by atoms with Crippen molar-refractivity contribution < 1.29 is 14.3 Å². The highest BCUT2D eigenvalue weighted by atomic mass is 16.4. The van der Waals surface area contributed by atoms with Crippen LogP contribution < -0.4 is 5.32 Å². The van der Waals surface area contributed by atoms with Crippen LogP contribution in [0.15, 0.2) is 28.7 Å². The first-order chi connectivity index (χ1) is 10.1. The highest BCUT2D eigenvalue weighted by molar-refractivity contribution is 5.74. The highest BCUT2D eigenvalue weighted by Crippen LogP contribution is 2.32. The Morgan fingerprint density at radius 3 is 2.71 bits per heavy atom. The molecule has 1 aliphatic carbocycles. The van der Waals surface area contributed by atoms with Crippen molar-refractivity contribution in [1.82, 2.24) is 15.5 Å². The summed E-state index contributed by atoms with van der Waals surface area (Å²) in [5.74, 6) is 0.250. The molecule has 110 valence electrons. The maximum atomic E-state index is 11.1. The third-order valence-electron chi connectivity index (χ3n) is 3.60. The van der Waals surface area contributed by atoms with Gasteiger partial charge in [0.15, 0.2) is 0 Å². The molecule has 1 aromatic heterocycles. The maximum Gasteiger partial charge on any atom is 0.320 e. The van der Waals surface area contributed by atoms with E-state index in [0.717, 1.165) is 24.0 Å². The molecule has 1 saturated carbocycles. The Bertz CT molecular complexity index is 632. The van der Waals surface area contributed by atoms with Crippen LogP contribution in [-0.4, -0.2) is 27.3 Å². The number of hydrogen-bond donors (Lipinski definition) is 2. The molecule has 1 unspecified atom stereocenters. The van der Waals surface area contributed by atoms with Gasteiger partial charge in [-0.05, 0) is 37.8 Å². The van der Waals surface area contributed by atoms with Crippen molar-refractivity contribution >= 4 is 5.97 Å². The summed E-state index contributed by atoms with van der Waals surface area (Å²) in [5.41, 5.74) is 2.02. The van der Waals surface area contributed by atoms with Gasteiger partial charge in [-0.3, -0.25) is 10.1 Å². The monoisotopic (exact) mass is 287 g/mol. The normalized spacial score (nSPS) is 15.9. The van der Waals surface area contributed by atoms with Gasteiger partial charge in [0, 0.05) is 5.56 Å². The molecule has 0 bridgehead atoms. The van der Waals surface area contributed by atoms with E-state index < -0.39 is 12.0 Å². The first-order valence-electron chi connectivity index (χ1n) is 6.99. The number of aromatic nitrogens is 2. The van der Waals surface area contributed by atoms with Crippen LogP contribution in [0.2, 0.25) is 0 Å². The molecule has 1 heterocycles. The summed E-state index contributed by atoms with van der Waals surface area (Å²) in [6.45, 7) is 2.28. The molecule has 1 atom stereocenters. The Labute approximate surface area is 122 Å². The molecular weight excluding hydrogens is 270 g/mol. The fourth-order valence-electron chi connectivity index (χ4n) is 2.22. The van der Waals surface area contributed by atoms with Crippen LogP contribution in [0, 0.1) is 12.8 Å². The second-order valence-corrected chi connectivity index (χ2v) is 5.40. The molecule has 0 amide bonds. The number of carbonyl (C=O) groups is 1. The smallest absolute Gasteiger partial charge is 0.320 e. The summed E-state index contributed by atoms with van der Waals surface area (Å²) in [6.07, 6.45) is 1.92. The van der Waals surface area contributed by atoms with Gasteiger partial charge in [0.2, 0.25) is 11.8 Å². The molecule has 3 rings (SSSR count). The van der Waals surface area contributed by atoms with E-state index in [4.69, 9.17) is 9.52 Å². The average molecular weight is 287 g/mol. The lowest BCUT2D eigenvalue weighted by Crippen LogP contribution is -2.38. The second-order valence-electron chi connectivity index (χ2n) is 5.40. The molecule has 1 fully saturated rings.